The summed E-state index contributed by atoms with van der Waals surface area (Å²) in [6.45, 7) is 12.2. The Bertz CT molecular complexity index is 1010. The number of ether oxygens (including phenoxy) is 1. The molecule has 0 radical (unpaired) electrons. The second kappa shape index (κ2) is 10.1. The molecule has 1 aliphatic heterocycles. The number of anilines is 5. The number of aryl methyl sites for hydroxylation is 1. The van der Waals surface area contributed by atoms with E-state index >= 15 is 0 Å². The predicted molar refractivity (Wildman–Crippen MR) is 135 cm³/mol. The minimum Gasteiger partial charge on any atom is -0.497 e. The summed E-state index contributed by atoms with van der Waals surface area (Å²) in [6, 6.07) is 14.8. The molecule has 0 saturated carbocycles. The number of benzene rings is 2. The van der Waals surface area contributed by atoms with E-state index in [1.807, 2.05) is 12.1 Å². The number of nitrogens with zero attached hydrogens (tertiary/aromatic N) is 5. The Kier molecular flexibility index (Phi) is 6.99. The first-order chi connectivity index (χ1) is 15.6. The molecule has 7 nitrogen and oxygen atoms in total. The van der Waals surface area contributed by atoms with E-state index in [1.165, 1.54) is 28.5 Å². The van der Waals surface area contributed by atoms with Gasteiger partial charge in [-0.2, -0.15) is 9.36 Å². The topological polar surface area (TPSA) is 56.8 Å². The van der Waals surface area contributed by atoms with Gasteiger partial charge in [0.2, 0.25) is 11.1 Å². The fourth-order valence-electron chi connectivity index (χ4n) is 4.04. The number of piperazine rings is 1. The zero-order valence-electron chi connectivity index (χ0n) is 19.3. The number of methoxy groups -OCH3 is 1. The minimum absolute atomic E-state index is 0.810. The molecule has 8 heteroatoms. The van der Waals surface area contributed by atoms with Gasteiger partial charge < -0.3 is 24.8 Å². The molecule has 4 rings (SSSR count). The Morgan fingerprint density at radius 1 is 1.00 bits per heavy atom. The van der Waals surface area contributed by atoms with Crippen molar-refractivity contribution in [1.29, 1.82) is 0 Å². The predicted octanol–water partition coefficient (Wildman–Crippen LogP) is 4.77. The van der Waals surface area contributed by atoms with E-state index in [4.69, 9.17) is 9.72 Å². The maximum atomic E-state index is 5.26. The number of aromatic nitrogens is 2. The summed E-state index contributed by atoms with van der Waals surface area (Å²) in [5, 5.41) is 4.29. The zero-order valence-corrected chi connectivity index (χ0v) is 20.2. The molecular weight excluding hydrogens is 420 g/mol. The zero-order chi connectivity index (χ0) is 22.5. The molecule has 32 heavy (non-hydrogen) atoms. The number of hydrogen-bond acceptors (Lipinski definition) is 8. The molecule has 0 unspecified atom stereocenters. The van der Waals surface area contributed by atoms with Crippen LogP contribution in [0.3, 0.4) is 0 Å². The third kappa shape index (κ3) is 4.91. The van der Waals surface area contributed by atoms with Crippen LogP contribution in [-0.2, 0) is 0 Å². The van der Waals surface area contributed by atoms with E-state index in [1.54, 1.807) is 7.11 Å². The van der Waals surface area contributed by atoms with Crippen LogP contribution < -0.4 is 24.8 Å². The molecule has 1 fully saturated rings. The summed E-state index contributed by atoms with van der Waals surface area (Å²) in [6.07, 6.45) is 0. The lowest BCUT2D eigenvalue weighted by Gasteiger charge is -2.35. The van der Waals surface area contributed by atoms with Crippen LogP contribution in [-0.4, -0.2) is 55.7 Å². The highest BCUT2D eigenvalue weighted by molar-refractivity contribution is 7.10. The molecule has 1 aromatic heterocycles. The first-order valence-corrected chi connectivity index (χ1v) is 12.0. The summed E-state index contributed by atoms with van der Waals surface area (Å²) in [4.78, 5) is 11.8. The summed E-state index contributed by atoms with van der Waals surface area (Å²) in [5.74, 6) is 1.70. The van der Waals surface area contributed by atoms with Gasteiger partial charge >= 0.3 is 0 Å². The number of rotatable bonds is 8. The van der Waals surface area contributed by atoms with E-state index in [-0.39, 0.29) is 0 Å². The molecule has 1 saturated heterocycles. The van der Waals surface area contributed by atoms with E-state index in [0.717, 1.165) is 61.8 Å². The Morgan fingerprint density at radius 3 is 2.31 bits per heavy atom. The molecule has 170 valence electrons. The molecule has 1 aliphatic rings. The van der Waals surface area contributed by atoms with Crippen LogP contribution in [0.1, 0.15) is 19.4 Å². The summed E-state index contributed by atoms with van der Waals surface area (Å²) < 4.78 is 9.87. The van der Waals surface area contributed by atoms with Crippen LogP contribution in [0, 0.1) is 6.92 Å². The Morgan fingerprint density at radius 2 is 1.69 bits per heavy atom. The first-order valence-electron chi connectivity index (χ1n) is 11.2. The Balaban J connectivity index is 1.36. The minimum atomic E-state index is 0.810. The van der Waals surface area contributed by atoms with Crippen LogP contribution in [0.5, 0.6) is 5.75 Å². The van der Waals surface area contributed by atoms with Crippen molar-refractivity contribution in [2.24, 2.45) is 0 Å². The average Bonchev–Trinajstić information content (AvgIpc) is 3.30. The third-order valence-electron chi connectivity index (χ3n) is 6.00. The highest BCUT2D eigenvalue weighted by atomic mass is 32.1. The van der Waals surface area contributed by atoms with Crippen LogP contribution in [0.4, 0.5) is 28.1 Å². The number of nitrogens with one attached hydrogen (secondary N) is 1. The van der Waals surface area contributed by atoms with Gasteiger partial charge in [0, 0.05) is 67.9 Å². The van der Waals surface area contributed by atoms with Gasteiger partial charge in [-0.3, -0.25) is 0 Å². The SMILES string of the molecule is CCN(CC)c1ccc(Nc2nc(N3CCN(c4ccc(OC)cc4)CC3)ns2)c(C)c1. The molecule has 2 aromatic carbocycles. The standard InChI is InChI=1S/C24H32N6OS/c1-5-28(6-2)20-9-12-22(18(3)17-20)25-24-26-23(27-32-24)30-15-13-29(14-16-30)19-7-10-21(31-4)11-8-19/h7-12,17H,5-6,13-16H2,1-4H3,(H,25,26,27). The van der Waals surface area contributed by atoms with E-state index in [9.17, 15) is 0 Å². The van der Waals surface area contributed by atoms with Gasteiger partial charge in [-0.1, -0.05) is 0 Å². The monoisotopic (exact) mass is 452 g/mol. The van der Waals surface area contributed by atoms with Crippen LogP contribution in [0.15, 0.2) is 42.5 Å². The lowest BCUT2D eigenvalue weighted by molar-refractivity contribution is 0.415. The lowest BCUT2D eigenvalue weighted by Crippen LogP contribution is -2.46. The van der Waals surface area contributed by atoms with Crippen LogP contribution in [0.2, 0.25) is 0 Å². The molecule has 2 heterocycles. The molecule has 3 aromatic rings. The Hall–Kier alpha value is -3.00. The fourth-order valence-corrected chi connectivity index (χ4v) is 4.64. The molecule has 0 amide bonds. The number of hydrogen-bond donors (Lipinski definition) is 1. The molecule has 0 aliphatic carbocycles. The van der Waals surface area contributed by atoms with Crippen molar-refractivity contribution in [2.75, 3.05) is 66.4 Å². The fraction of sp³-hybridized carbons (Fsp3) is 0.417. The summed E-state index contributed by atoms with van der Waals surface area (Å²) in [5.41, 5.74) is 4.76. The molecule has 0 atom stereocenters. The highest BCUT2D eigenvalue weighted by Crippen LogP contribution is 2.28. The van der Waals surface area contributed by atoms with Crippen LogP contribution >= 0.6 is 11.5 Å². The van der Waals surface area contributed by atoms with Gasteiger partial charge in [-0.25, -0.2) is 0 Å². The normalized spacial score (nSPS) is 13.9. The van der Waals surface area contributed by atoms with E-state index in [0.29, 0.717) is 0 Å². The maximum Gasteiger partial charge on any atom is 0.239 e. The van der Waals surface area contributed by atoms with Gasteiger partial charge in [0.05, 0.1) is 7.11 Å². The van der Waals surface area contributed by atoms with Gasteiger partial charge in [0.1, 0.15) is 5.75 Å². The van der Waals surface area contributed by atoms with Crippen molar-refractivity contribution in [3.63, 3.8) is 0 Å². The average molecular weight is 453 g/mol. The summed E-state index contributed by atoms with van der Waals surface area (Å²) >= 11 is 1.42. The third-order valence-corrected chi connectivity index (χ3v) is 6.62. The smallest absolute Gasteiger partial charge is 0.239 e. The van der Waals surface area contributed by atoms with Crippen molar-refractivity contribution < 1.29 is 4.74 Å². The Labute approximate surface area is 194 Å². The lowest BCUT2D eigenvalue weighted by atomic mass is 10.1. The van der Waals surface area contributed by atoms with E-state index < -0.39 is 0 Å². The van der Waals surface area contributed by atoms with Gasteiger partial charge in [0.25, 0.3) is 0 Å². The van der Waals surface area contributed by atoms with E-state index in [2.05, 4.69) is 75.5 Å². The molecule has 0 spiro atoms. The van der Waals surface area contributed by atoms with Crippen molar-refractivity contribution in [3.8, 4) is 5.75 Å². The van der Waals surface area contributed by atoms with Gasteiger partial charge in [-0.05, 0) is 68.8 Å². The molecule has 0 bridgehead atoms. The van der Waals surface area contributed by atoms with Crippen molar-refractivity contribution in [2.45, 2.75) is 20.8 Å². The maximum absolute atomic E-state index is 5.26. The van der Waals surface area contributed by atoms with Gasteiger partial charge in [-0.15, -0.1) is 0 Å². The van der Waals surface area contributed by atoms with Gasteiger partial charge in [0.15, 0.2) is 0 Å². The second-order valence-corrected chi connectivity index (χ2v) is 8.62. The first kappa shape index (κ1) is 22.2. The molecular formula is C24H32N6OS. The van der Waals surface area contributed by atoms with Crippen molar-refractivity contribution in [3.05, 3.63) is 48.0 Å². The molecule has 1 N–H and O–H groups in total. The second-order valence-electron chi connectivity index (χ2n) is 7.87. The largest absolute Gasteiger partial charge is 0.497 e. The van der Waals surface area contributed by atoms with Crippen LogP contribution in [0.25, 0.3) is 0 Å². The van der Waals surface area contributed by atoms with Crippen molar-refractivity contribution in [1.82, 2.24) is 9.36 Å². The van der Waals surface area contributed by atoms with Crippen molar-refractivity contribution >= 4 is 39.7 Å². The quantitative estimate of drug-likeness (QED) is 0.528. The summed E-state index contributed by atoms with van der Waals surface area (Å²) in [7, 11) is 1.69. The highest BCUT2D eigenvalue weighted by Gasteiger charge is 2.21.